The van der Waals surface area contributed by atoms with E-state index in [9.17, 15) is 9.90 Å². The highest BCUT2D eigenvalue weighted by Gasteiger charge is 2.46. The zero-order valence-electron chi connectivity index (χ0n) is 12.5. The van der Waals surface area contributed by atoms with E-state index in [2.05, 4.69) is 31.0 Å². The van der Waals surface area contributed by atoms with E-state index in [1.165, 1.54) is 0 Å². The molecule has 0 spiro atoms. The van der Waals surface area contributed by atoms with Crippen LogP contribution < -0.4 is 5.32 Å². The number of nitrogens with one attached hydrogen (secondary N) is 1. The molecule has 2 rings (SSSR count). The molecule has 2 saturated carbocycles. The molecule has 0 aromatic rings. The van der Waals surface area contributed by atoms with Crippen LogP contribution in [-0.2, 0) is 4.79 Å². The number of hydrogen-bond donors (Lipinski definition) is 2. The molecule has 0 radical (unpaired) electrons. The lowest BCUT2D eigenvalue weighted by Gasteiger charge is -2.44. The molecule has 2 unspecified atom stereocenters. The van der Waals surface area contributed by atoms with E-state index in [0.29, 0.717) is 18.1 Å². The summed E-state index contributed by atoms with van der Waals surface area (Å²) >= 11 is 0. The van der Waals surface area contributed by atoms with Gasteiger partial charge in [-0.15, -0.1) is 0 Å². The van der Waals surface area contributed by atoms with Crippen molar-refractivity contribution in [1.29, 1.82) is 0 Å². The smallest absolute Gasteiger partial charge is 0.323 e. The van der Waals surface area contributed by atoms with Crippen LogP contribution in [-0.4, -0.2) is 46.2 Å². The van der Waals surface area contributed by atoms with Crippen LogP contribution in [0.2, 0.25) is 0 Å². The van der Waals surface area contributed by atoms with Gasteiger partial charge in [-0.2, -0.15) is 0 Å². The standard InChI is InChI=1S/C15H28N2O2/c1-4-17(11(2)3)13-6-5-9-15(10-13,14(18)19)16-12-7-8-12/h11-13,16H,4-10H2,1-3H3,(H,18,19). The number of carbonyl (C=O) groups is 1. The topological polar surface area (TPSA) is 52.6 Å². The van der Waals surface area contributed by atoms with Crippen LogP contribution in [0.15, 0.2) is 0 Å². The normalized spacial score (nSPS) is 31.9. The number of hydrogen-bond acceptors (Lipinski definition) is 3. The molecule has 0 amide bonds. The van der Waals surface area contributed by atoms with Gasteiger partial charge in [-0.05, 0) is 58.9 Å². The third kappa shape index (κ3) is 3.29. The van der Waals surface area contributed by atoms with Crippen LogP contribution in [0.25, 0.3) is 0 Å². The van der Waals surface area contributed by atoms with Gasteiger partial charge in [0.1, 0.15) is 5.54 Å². The summed E-state index contributed by atoms with van der Waals surface area (Å²) in [6.07, 6.45) is 5.96. The predicted molar refractivity (Wildman–Crippen MR) is 76.3 cm³/mol. The highest BCUT2D eigenvalue weighted by molar-refractivity contribution is 5.79. The summed E-state index contributed by atoms with van der Waals surface area (Å²) in [4.78, 5) is 14.2. The highest BCUT2D eigenvalue weighted by Crippen LogP contribution is 2.35. The Balaban J connectivity index is 2.09. The molecule has 19 heavy (non-hydrogen) atoms. The molecule has 0 aromatic heterocycles. The molecule has 110 valence electrons. The van der Waals surface area contributed by atoms with Crippen molar-refractivity contribution < 1.29 is 9.90 Å². The molecule has 4 nitrogen and oxygen atoms in total. The molecule has 2 aliphatic rings. The van der Waals surface area contributed by atoms with E-state index < -0.39 is 11.5 Å². The number of aliphatic carboxylic acids is 1. The van der Waals surface area contributed by atoms with E-state index in [4.69, 9.17) is 0 Å². The Morgan fingerprint density at radius 3 is 2.58 bits per heavy atom. The molecular weight excluding hydrogens is 240 g/mol. The minimum absolute atomic E-state index is 0.404. The minimum Gasteiger partial charge on any atom is -0.480 e. The molecule has 0 aromatic carbocycles. The van der Waals surface area contributed by atoms with E-state index in [1.807, 2.05) is 0 Å². The van der Waals surface area contributed by atoms with Crippen molar-refractivity contribution in [2.24, 2.45) is 0 Å². The lowest BCUT2D eigenvalue weighted by Crippen LogP contribution is -2.59. The molecule has 2 aliphatic carbocycles. The van der Waals surface area contributed by atoms with Gasteiger partial charge in [-0.3, -0.25) is 15.0 Å². The van der Waals surface area contributed by atoms with Crippen LogP contribution >= 0.6 is 0 Å². The van der Waals surface area contributed by atoms with Crippen LogP contribution in [0.4, 0.5) is 0 Å². The first-order valence-electron chi connectivity index (χ1n) is 7.75. The maximum absolute atomic E-state index is 11.8. The molecule has 2 N–H and O–H groups in total. The molecule has 0 saturated heterocycles. The number of carboxylic acid groups (broad SMARTS) is 1. The third-order valence-corrected chi connectivity index (χ3v) is 4.69. The predicted octanol–water partition coefficient (Wildman–Crippen LogP) is 2.23. The van der Waals surface area contributed by atoms with E-state index in [0.717, 1.165) is 45.1 Å². The Labute approximate surface area is 116 Å². The van der Waals surface area contributed by atoms with Crippen molar-refractivity contribution in [1.82, 2.24) is 10.2 Å². The SMILES string of the molecule is CCN(C(C)C)C1CCCC(NC2CC2)(C(=O)O)C1. The first kappa shape index (κ1) is 14.8. The highest BCUT2D eigenvalue weighted by atomic mass is 16.4. The molecule has 0 bridgehead atoms. The maximum atomic E-state index is 11.8. The van der Waals surface area contributed by atoms with Crippen molar-refractivity contribution >= 4 is 5.97 Å². The summed E-state index contributed by atoms with van der Waals surface area (Å²) in [5.41, 5.74) is -0.674. The van der Waals surface area contributed by atoms with Gasteiger partial charge < -0.3 is 5.11 Å². The summed E-state index contributed by atoms with van der Waals surface area (Å²) in [6, 6.07) is 1.34. The molecule has 2 atom stereocenters. The molecular formula is C15H28N2O2. The summed E-state index contributed by atoms with van der Waals surface area (Å²) < 4.78 is 0. The van der Waals surface area contributed by atoms with Crippen molar-refractivity contribution in [3.8, 4) is 0 Å². The van der Waals surface area contributed by atoms with E-state index >= 15 is 0 Å². The fraction of sp³-hybridized carbons (Fsp3) is 0.933. The number of carboxylic acids is 1. The average molecular weight is 268 g/mol. The number of rotatable bonds is 6. The van der Waals surface area contributed by atoms with Gasteiger partial charge in [0.25, 0.3) is 0 Å². The zero-order chi connectivity index (χ0) is 14.0. The Morgan fingerprint density at radius 2 is 2.11 bits per heavy atom. The van der Waals surface area contributed by atoms with Gasteiger partial charge in [0, 0.05) is 18.1 Å². The molecule has 2 fully saturated rings. The number of nitrogens with zero attached hydrogens (tertiary/aromatic N) is 1. The summed E-state index contributed by atoms with van der Waals surface area (Å²) in [6.45, 7) is 7.58. The Morgan fingerprint density at radius 1 is 1.42 bits per heavy atom. The molecule has 0 aliphatic heterocycles. The van der Waals surface area contributed by atoms with Gasteiger partial charge in [-0.25, -0.2) is 0 Å². The summed E-state index contributed by atoms with van der Waals surface area (Å²) in [5, 5.41) is 13.1. The van der Waals surface area contributed by atoms with Crippen LogP contribution in [0.5, 0.6) is 0 Å². The fourth-order valence-electron chi connectivity index (χ4n) is 3.58. The lowest BCUT2D eigenvalue weighted by molar-refractivity contribution is -0.147. The van der Waals surface area contributed by atoms with Crippen LogP contribution in [0.3, 0.4) is 0 Å². The largest absolute Gasteiger partial charge is 0.480 e. The van der Waals surface area contributed by atoms with Crippen molar-refractivity contribution in [3.63, 3.8) is 0 Å². The second-order valence-electron chi connectivity index (χ2n) is 6.48. The second-order valence-corrected chi connectivity index (χ2v) is 6.48. The Kier molecular flexibility index (Phi) is 4.51. The quantitative estimate of drug-likeness (QED) is 0.775. The fourth-order valence-corrected chi connectivity index (χ4v) is 3.58. The zero-order valence-corrected chi connectivity index (χ0v) is 12.5. The van der Waals surface area contributed by atoms with Crippen LogP contribution in [0.1, 0.15) is 59.3 Å². The van der Waals surface area contributed by atoms with Crippen molar-refractivity contribution in [2.45, 2.75) is 83.0 Å². The van der Waals surface area contributed by atoms with Gasteiger partial charge in [-0.1, -0.05) is 6.92 Å². The van der Waals surface area contributed by atoms with Crippen LogP contribution in [0, 0.1) is 0 Å². The summed E-state index contributed by atoms with van der Waals surface area (Å²) in [5.74, 6) is -0.649. The Bertz CT molecular complexity index is 328. The maximum Gasteiger partial charge on any atom is 0.323 e. The van der Waals surface area contributed by atoms with E-state index in [1.54, 1.807) is 0 Å². The van der Waals surface area contributed by atoms with Gasteiger partial charge >= 0.3 is 5.97 Å². The minimum atomic E-state index is -0.674. The Hall–Kier alpha value is -0.610. The second kappa shape index (κ2) is 5.80. The third-order valence-electron chi connectivity index (χ3n) is 4.69. The lowest BCUT2D eigenvalue weighted by atomic mass is 9.78. The van der Waals surface area contributed by atoms with Crippen molar-refractivity contribution in [3.05, 3.63) is 0 Å². The van der Waals surface area contributed by atoms with Crippen molar-refractivity contribution in [2.75, 3.05) is 6.54 Å². The van der Waals surface area contributed by atoms with Gasteiger partial charge in [0.2, 0.25) is 0 Å². The first-order chi connectivity index (χ1) is 8.98. The molecule has 4 heteroatoms. The average Bonchev–Trinajstić information content (AvgIpc) is 3.13. The monoisotopic (exact) mass is 268 g/mol. The van der Waals surface area contributed by atoms with Gasteiger partial charge in [0.05, 0.1) is 0 Å². The van der Waals surface area contributed by atoms with E-state index in [-0.39, 0.29) is 0 Å². The molecule has 0 heterocycles. The first-order valence-corrected chi connectivity index (χ1v) is 7.75. The van der Waals surface area contributed by atoms with Gasteiger partial charge in [0.15, 0.2) is 0 Å². The summed E-state index contributed by atoms with van der Waals surface area (Å²) in [7, 11) is 0.